The van der Waals surface area contributed by atoms with Gasteiger partial charge in [0.05, 0.1) is 11.6 Å². The molecule has 0 radical (unpaired) electrons. The van der Waals surface area contributed by atoms with E-state index in [1.165, 1.54) is 5.56 Å². The lowest BCUT2D eigenvalue weighted by atomic mass is 9.94. The Morgan fingerprint density at radius 1 is 1.30 bits per heavy atom. The van der Waals surface area contributed by atoms with Crippen LogP contribution in [-0.2, 0) is 16.0 Å². The molecule has 1 atom stereocenters. The van der Waals surface area contributed by atoms with Gasteiger partial charge in [-0.25, -0.2) is 9.59 Å². The van der Waals surface area contributed by atoms with E-state index in [4.69, 9.17) is 4.74 Å². The molecule has 124 valence electrons. The van der Waals surface area contributed by atoms with Crippen LogP contribution in [0.2, 0.25) is 0 Å². The zero-order valence-corrected chi connectivity index (χ0v) is 14.5. The van der Waals surface area contributed by atoms with Gasteiger partial charge in [0.2, 0.25) is 0 Å². The zero-order chi connectivity index (χ0) is 16.8. The van der Waals surface area contributed by atoms with Crippen molar-refractivity contribution in [1.82, 2.24) is 10.6 Å². The standard InChI is InChI=1S/C17H22N2O3S/c1-4-12-5-7-13(8-6-12)15-14(11(2)18-17(21)19-15)16(20)22-9-10-23-3/h5-8,15H,4,9-10H2,1-3H3,(H2,18,19,21)/t15-/m0/s1. The first kappa shape index (κ1) is 17.4. The third-order valence-corrected chi connectivity index (χ3v) is 4.31. The van der Waals surface area contributed by atoms with Crippen LogP contribution in [0.15, 0.2) is 35.5 Å². The number of hydrogen-bond acceptors (Lipinski definition) is 4. The lowest BCUT2D eigenvalue weighted by Gasteiger charge is -2.28. The molecule has 2 rings (SSSR count). The molecule has 0 saturated heterocycles. The average molecular weight is 334 g/mol. The predicted octanol–water partition coefficient (Wildman–Crippen LogP) is 2.78. The molecule has 1 aromatic rings. The Kier molecular flexibility index (Phi) is 6.10. The lowest BCUT2D eigenvalue weighted by molar-refractivity contribution is -0.138. The van der Waals surface area contributed by atoms with Crippen molar-refractivity contribution >= 4 is 23.8 Å². The van der Waals surface area contributed by atoms with Crippen molar-refractivity contribution in [2.75, 3.05) is 18.6 Å². The number of benzene rings is 1. The van der Waals surface area contributed by atoms with Crippen molar-refractivity contribution in [2.24, 2.45) is 0 Å². The number of ether oxygens (including phenoxy) is 1. The largest absolute Gasteiger partial charge is 0.461 e. The van der Waals surface area contributed by atoms with Gasteiger partial charge in [-0.05, 0) is 30.7 Å². The third-order valence-electron chi connectivity index (χ3n) is 3.73. The molecule has 0 unspecified atom stereocenters. The van der Waals surface area contributed by atoms with Crippen molar-refractivity contribution in [3.63, 3.8) is 0 Å². The minimum absolute atomic E-state index is 0.312. The number of nitrogens with one attached hydrogen (secondary N) is 2. The smallest absolute Gasteiger partial charge is 0.338 e. The predicted molar refractivity (Wildman–Crippen MR) is 92.3 cm³/mol. The number of aryl methyl sites for hydroxylation is 1. The fraction of sp³-hybridized carbons (Fsp3) is 0.412. The summed E-state index contributed by atoms with van der Waals surface area (Å²) in [6.07, 6.45) is 2.90. The van der Waals surface area contributed by atoms with Crippen LogP contribution < -0.4 is 10.6 Å². The summed E-state index contributed by atoms with van der Waals surface area (Å²) in [6, 6.07) is 7.10. The maximum atomic E-state index is 12.4. The van der Waals surface area contributed by atoms with Crippen molar-refractivity contribution in [3.8, 4) is 0 Å². The number of urea groups is 1. The highest BCUT2D eigenvalue weighted by Gasteiger charge is 2.32. The van der Waals surface area contributed by atoms with Gasteiger partial charge in [-0.1, -0.05) is 31.2 Å². The molecule has 0 saturated carbocycles. The number of hydrogen-bond donors (Lipinski definition) is 2. The first-order chi connectivity index (χ1) is 11.1. The van der Waals surface area contributed by atoms with Gasteiger partial charge in [0.25, 0.3) is 0 Å². The Morgan fingerprint density at radius 2 is 2.00 bits per heavy atom. The highest BCUT2D eigenvalue weighted by molar-refractivity contribution is 7.98. The van der Waals surface area contributed by atoms with Crippen LogP contribution in [0, 0.1) is 0 Å². The lowest BCUT2D eigenvalue weighted by Crippen LogP contribution is -2.45. The van der Waals surface area contributed by atoms with E-state index < -0.39 is 12.0 Å². The first-order valence-corrected chi connectivity index (χ1v) is 8.99. The molecule has 6 heteroatoms. The SMILES string of the molecule is CCc1ccc([C@@H]2NC(=O)NC(C)=C2C(=O)OCCSC)cc1. The van der Waals surface area contributed by atoms with Crippen LogP contribution in [-0.4, -0.2) is 30.6 Å². The molecule has 0 aromatic heterocycles. The number of allylic oxidation sites excluding steroid dienone is 1. The number of esters is 1. The van der Waals surface area contributed by atoms with Crippen LogP contribution in [0.3, 0.4) is 0 Å². The Morgan fingerprint density at radius 3 is 2.61 bits per heavy atom. The van der Waals surface area contributed by atoms with Gasteiger partial charge in [-0.3, -0.25) is 0 Å². The van der Waals surface area contributed by atoms with Crippen molar-refractivity contribution < 1.29 is 14.3 Å². The normalized spacial score (nSPS) is 17.5. The number of amides is 2. The van der Waals surface area contributed by atoms with Gasteiger partial charge in [0.15, 0.2) is 0 Å². The van der Waals surface area contributed by atoms with Crippen LogP contribution in [0.25, 0.3) is 0 Å². The molecule has 1 aromatic carbocycles. The Balaban J connectivity index is 2.27. The number of carbonyl (C=O) groups excluding carboxylic acids is 2. The van der Waals surface area contributed by atoms with Gasteiger partial charge in [-0.15, -0.1) is 0 Å². The molecule has 1 aliphatic rings. The van der Waals surface area contributed by atoms with E-state index in [1.54, 1.807) is 18.7 Å². The van der Waals surface area contributed by atoms with Gasteiger partial charge in [-0.2, -0.15) is 11.8 Å². The van der Waals surface area contributed by atoms with E-state index in [0.29, 0.717) is 17.9 Å². The van der Waals surface area contributed by atoms with Crippen molar-refractivity contribution in [2.45, 2.75) is 26.3 Å². The van der Waals surface area contributed by atoms with Gasteiger partial charge in [0.1, 0.15) is 6.61 Å². The summed E-state index contributed by atoms with van der Waals surface area (Å²) in [5.41, 5.74) is 3.06. The molecular formula is C17H22N2O3S. The van der Waals surface area contributed by atoms with E-state index in [-0.39, 0.29) is 6.03 Å². The van der Waals surface area contributed by atoms with Gasteiger partial charge < -0.3 is 15.4 Å². The van der Waals surface area contributed by atoms with Crippen LogP contribution >= 0.6 is 11.8 Å². The minimum atomic E-state index is -0.489. The van der Waals surface area contributed by atoms with Crippen molar-refractivity contribution in [1.29, 1.82) is 0 Å². The molecule has 2 N–H and O–H groups in total. The summed E-state index contributed by atoms with van der Waals surface area (Å²) >= 11 is 1.61. The first-order valence-electron chi connectivity index (χ1n) is 7.60. The van der Waals surface area contributed by atoms with Gasteiger partial charge in [0, 0.05) is 11.4 Å². The molecule has 0 fully saturated rings. The highest BCUT2D eigenvalue weighted by Crippen LogP contribution is 2.27. The molecule has 1 heterocycles. The highest BCUT2D eigenvalue weighted by atomic mass is 32.2. The van der Waals surface area contributed by atoms with Crippen LogP contribution in [0.4, 0.5) is 4.79 Å². The number of rotatable bonds is 6. The number of thioether (sulfide) groups is 1. The summed E-state index contributed by atoms with van der Waals surface area (Å²) in [4.78, 5) is 24.2. The van der Waals surface area contributed by atoms with E-state index in [2.05, 4.69) is 17.6 Å². The second kappa shape index (κ2) is 8.06. The van der Waals surface area contributed by atoms with E-state index in [9.17, 15) is 9.59 Å². The summed E-state index contributed by atoms with van der Waals surface area (Å²) in [7, 11) is 0. The second-order valence-electron chi connectivity index (χ2n) is 5.29. The Bertz CT molecular complexity index is 611. The molecule has 1 aliphatic heterocycles. The van der Waals surface area contributed by atoms with Crippen LogP contribution in [0.5, 0.6) is 0 Å². The molecule has 5 nitrogen and oxygen atoms in total. The molecular weight excluding hydrogens is 312 g/mol. The van der Waals surface area contributed by atoms with Gasteiger partial charge >= 0.3 is 12.0 Å². The summed E-state index contributed by atoms with van der Waals surface area (Å²) in [6.45, 7) is 4.16. The summed E-state index contributed by atoms with van der Waals surface area (Å²) in [5, 5.41) is 5.45. The minimum Gasteiger partial charge on any atom is -0.461 e. The fourth-order valence-corrected chi connectivity index (χ4v) is 2.71. The fourth-order valence-electron chi connectivity index (χ4n) is 2.46. The second-order valence-corrected chi connectivity index (χ2v) is 6.28. The maximum Gasteiger partial charge on any atom is 0.338 e. The molecule has 23 heavy (non-hydrogen) atoms. The van der Waals surface area contributed by atoms with E-state index in [1.807, 2.05) is 30.5 Å². The third kappa shape index (κ3) is 4.28. The van der Waals surface area contributed by atoms with Crippen molar-refractivity contribution in [3.05, 3.63) is 46.7 Å². The molecule has 2 amide bonds. The monoisotopic (exact) mass is 334 g/mol. The summed E-state index contributed by atoms with van der Waals surface area (Å²) in [5.74, 6) is 0.349. The Labute approximate surface area is 140 Å². The molecule has 0 spiro atoms. The van der Waals surface area contributed by atoms with Crippen LogP contribution in [0.1, 0.15) is 31.0 Å². The quantitative estimate of drug-likeness (QED) is 0.620. The topological polar surface area (TPSA) is 67.4 Å². The molecule has 0 bridgehead atoms. The average Bonchev–Trinajstić information content (AvgIpc) is 2.54. The van der Waals surface area contributed by atoms with E-state index in [0.717, 1.165) is 17.7 Å². The number of carbonyl (C=O) groups is 2. The van der Waals surface area contributed by atoms with E-state index >= 15 is 0 Å². The summed E-state index contributed by atoms with van der Waals surface area (Å²) < 4.78 is 5.32. The Hall–Kier alpha value is -1.95. The maximum absolute atomic E-state index is 12.4. The molecule has 0 aliphatic carbocycles. The zero-order valence-electron chi connectivity index (χ0n) is 13.6.